The van der Waals surface area contributed by atoms with E-state index in [2.05, 4.69) is 20.0 Å². The molecule has 0 saturated carbocycles. The maximum absolute atomic E-state index is 12.3. The molecule has 2 heterocycles. The number of benzene rings is 2. The van der Waals surface area contributed by atoms with E-state index in [1.807, 2.05) is 30.3 Å². The van der Waals surface area contributed by atoms with Crippen LogP contribution in [0.3, 0.4) is 0 Å². The van der Waals surface area contributed by atoms with Crippen molar-refractivity contribution in [3.05, 3.63) is 66.2 Å². The van der Waals surface area contributed by atoms with E-state index in [9.17, 15) is 13.2 Å². The average Bonchev–Trinajstić information content (AvgIpc) is 3.35. The number of hydrogen-bond donors (Lipinski definition) is 3. The van der Waals surface area contributed by atoms with Crippen LogP contribution in [-0.4, -0.2) is 30.9 Å². The van der Waals surface area contributed by atoms with E-state index in [1.165, 1.54) is 41.8 Å². The van der Waals surface area contributed by atoms with Crippen molar-refractivity contribution < 1.29 is 17.9 Å². The molecule has 2 aromatic heterocycles. The number of H-pyrrole nitrogens is 1. The van der Waals surface area contributed by atoms with Gasteiger partial charge in [0.15, 0.2) is 17.6 Å². The highest BCUT2D eigenvalue weighted by Gasteiger charge is 2.15. The van der Waals surface area contributed by atoms with Crippen molar-refractivity contribution in [1.29, 1.82) is 0 Å². The summed E-state index contributed by atoms with van der Waals surface area (Å²) in [5, 5.41) is 5.62. The fourth-order valence-corrected chi connectivity index (χ4v) is 4.42. The second kappa shape index (κ2) is 7.94. The molecule has 2 aromatic carbocycles. The average molecular weight is 428 g/mol. The lowest BCUT2D eigenvalue weighted by atomic mass is 10.3. The zero-order valence-electron chi connectivity index (χ0n) is 15.0. The van der Waals surface area contributed by atoms with Gasteiger partial charge in [0.1, 0.15) is 0 Å². The Bertz CT molecular complexity index is 1200. The van der Waals surface area contributed by atoms with Crippen LogP contribution >= 0.6 is 11.3 Å². The van der Waals surface area contributed by atoms with Crippen LogP contribution < -0.4 is 14.8 Å². The first-order chi connectivity index (χ1) is 14.0. The van der Waals surface area contributed by atoms with E-state index >= 15 is 0 Å². The van der Waals surface area contributed by atoms with E-state index in [0.29, 0.717) is 11.6 Å². The Morgan fingerprint density at radius 3 is 2.66 bits per heavy atom. The third-order valence-corrected chi connectivity index (χ3v) is 6.14. The minimum absolute atomic E-state index is 0.0695. The lowest BCUT2D eigenvalue weighted by Crippen LogP contribution is -2.20. The summed E-state index contributed by atoms with van der Waals surface area (Å²) in [6.45, 7) is -0.182. The number of amides is 1. The van der Waals surface area contributed by atoms with E-state index in [-0.39, 0.29) is 22.5 Å². The molecule has 148 valence electrons. The molecule has 3 N–H and O–H groups in total. The summed E-state index contributed by atoms with van der Waals surface area (Å²) in [5.74, 6) is 0.135. The maximum Gasteiger partial charge on any atom is 0.263 e. The molecule has 0 radical (unpaired) electrons. The van der Waals surface area contributed by atoms with Crippen molar-refractivity contribution in [2.75, 3.05) is 16.6 Å². The first kappa shape index (κ1) is 19.0. The highest BCUT2D eigenvalue weighted by Crippen LogP contribution is 2.21. The Labute approximate surface area is 170 Å². The molecule has 0 aliphatic carbocycles. The summed E-state index contributed by atoms with van der Waals surface area (Å²) in [6.07, 6.45) is 1.51. The number of anilines is 2. The van der Waals surface area contributed by atoms with Gasteiger partial charge in [0.05, 0.1) is 4.90 Å². The quantitative estimate of drug-likeness (QED) is 0.417. The first-order valence-electron chi connectivity index (χ1n) is 8.52. The van der Waals surface area contributed by atoms with Gasteiger partial charge in [0, 0.05) is 34.2 Å². The maximum atomic E-state index is 12.3. The van der Waals surface area contributed by atoms with E-state index < -0.39 is 10.0 Å². The van der Waals surface area contributed by atoms with Crippen molar-refractivity contribution in [1.82, 2.24) is 9.97 Å². The molecule has 0 atom stereocenters. The van der Waals surface area contributed by atoms with Crippen molar-refractivity contribution in [2.45, 2.75) is 4.90 Å². The van der Waals surface area contributed by atoms with Crippen molar-refractivity contribution in [3.63, 3.8) is 0 Å². The van der Waals surface area contributed by atoms with Gasteiger partial charge < -0.3 is 15.0 Å². The third-order valence-electron chi connectivity index (χ3n) is 3.97. The normalized spacial score (nSPS) is 11.3. The van der Waals surface area contributed by atoms with Gasteiger partial charge >= 0.3 is 0 Å². The van der Waals surface area contributed by atoms with E-state index in [1.54, 1.807) is 5.38 Å². The molecule has 10 heteroatoms. The number of para-hydroxylation sites is 1. The Morgan fingerprint density at radius 1 is 1.14 bits per heavy atom. The SMILES string of the molecule is O=C(COc1cc2ccccc2[nH]1)Nc1ccc(S(=O)(=O)Nc2nccs2)cc1. The zero-order valence-corrected chi connectivity index (χ0v) is 16.6. The summed E-state index contributed by atoms with van der Waals surface area (Å²) >= 11 is 1.19. The number of hydrogen-bond acceptors (Lipinski definition) is 6. The summed E-state index contributed by atoms with van der Waals surface area (Å²) in [7, 11) is -3.73. The third kappa shape index (κ3) is 4.55. The highest BCUT2D eigenvalue weighted by molar-refractivity contribution is 7.93. The largest absolute Gasteiger partial charge is 0.469 e. The molecule has 29 heavy (non-hydrogen) atoms. The highest BCUT2D eigenvalue weighted by atomic mass is 32.2. The second-order valence-corrected chi connectivity index (χ2v) is 8.60. The predicted octanol–water partition coefficient (Wildman–Crippen LogP) is 3.44. The van der Waals surface area contributed by atoms with Gasteiger partial charge in [0.25, 0.3) is 15.9 Å². The van der Waals surface area contributed by atoms with Crippen molar-refractivity contribution >= 4 is 49.0 Å². The number of fused-ring (bicyclic) bond motifs is 1. The summed E-state index contributed by atoms with van der Waals surface area (Å²) in [5.41, 5.74) is 1.38. The number of carbonyl (C=O) groups is 1. The van der Waals surface area contributed by atoms with Crippen LogP contribution in [0.25, 0.3) is 10.9 Å². The molecule has 4 aromatic rings. The Hall–Kier alpha value is -3.37. The number of sulfonamides is 1. The monoisotopic (exact) mass is 428 g/mol. The number of rotatable bonds is 7. The molecule has 0 aliphatic heterocycles. The van der Waals surface area contributed by atoms with Crippen molar-refractivity contribution in [2.24, 2.45) is 0 Å². The van der Waals surface area contributed by atoms with Crippen LogP contribution in [0.5, 0.6) is 5.88 Å². The van der Waals surface area contributed by atoms with E-state index in [4.69, 9.17) is 4.74 Å². The van der Waals surface area contributed by atoms with Gasteiger partial charge in [-0.2, -0.15) is 0 Å². The van der Waals surface area contributed by atoms with Crippen LogP contribution in [0.1, 0.15) is 0 Å². The molecule has 1 amide bonds. The second-order valence-electron chi connectivity index (χ2n) is 6.02. The number of carbonyl (C=O) groups excluding carboxylic acids is 1. The smallest absolute Gasteiger partial charge is 0.263 e. The number of aromatic amines is 1. The van der Waals surface area contributed by atoms with Crippen LogP contribution in [0.4, 0.5) is 10.8 Å². The fourth-order valence-electron chi connectivity index (χ4n) is 2.63. The lowest BCUT2D eigenvalue weighted by Gasteiger charge is -2.08. The lowest BCUT2D eigenvalue weighted by molar-refractivity contribution is -0.118. The number of ether oxygens (including phenoxy) is 1. The Kier molecular flexibility index (Phi) is 5.19. The summed E-state index contributed by atoms with van der Waals surface area (Å²) in [4.78, 5) is 19.2. The molecule has 0 unspecified atom stereocenters. The van der Waals surface area contributed by atoms with Crippen molar-refractivity contribution in [3.8, 4) is 5.88 Å². The number of nitrogens with zero attached hydrogens (tertiary/aromatic N) is 1. The van der Waals surface area contributed by atoms with Gasteiger partial charge in [-0.25, -0.2) is 13.4 Å². The zero-order chi connectivity index (χ0) is 20.3. The molecule has 0 saturated heterocycles. The van der Waals surface area contributed by atoms with Crippen LogP contribution in [0.15, 0.2) is 71.1 Å². The van der Waals surface area contributed by atoms with Crippen LogP contribution in [-0.2, 0) is 14.8 Å². The molecule has 8 nitrogen and oxygen atoms in total. The standard InChI is InChI=1S/C19H16N4O4S2/c24-17(12-27-18-11-13-3-1-2-4-16(13)22-18)21-14-5-7-15(8-6-14)29(25,26)23-19-20-9-10-28-19/h1-11,22H,12H2,(H,20,23)(H,21,24). The fraction of sp³-hybridized carbons (Fsp3) is 0.0526. The number of thiazole rings is 1. The molecular formula is C19H16N4O4S2. The minimum atomic E-state index is -3.73. The molecule has 0 fully saturated rings. The Morgan fingerprint density at radius 2 is 1.93 bits per heavy atom. The first-order valence-corrected chi connectivity index (χ1v) is 10.9. The van der Waals surface area contributed by atoms with Crippen LogP contribution in [0.2, 0.25) is 0 Å². The van der Waals surface area contributed by atoms with Gasteiger partial charge in [-0.1, -0.05) is 18.2 Å². The Balaban J connectivity index is 1.35. The molecule has 0 bridgehead atoms. The van der Waals surface area contributed by atoms with Crippen LogP contribution in [0, 0.1) is 0 Å². The van der Waals surface area contributed by atoms with Gasteiger partial charge in [-0.3, -0.25) is 9.52 Å². The van der Waals surface area contributed by atoms with E-state index in [0.717, 1.165) is 10.9 Å². The minimum Gasteiger partial charge on any atom is -0.469 e. The molecule has 4 rings (SSSR count). The van der Waals surface area contributed by atoms with Gasteiger partial charge in [-0.05, 0) is 30.3 Å². The summed E-state index contributed by atoms with van der Waals surface area (Å²) in [6, 6.07) is 15.3. The topological polar surface area (TPSA) is 113 Å². The molecule has 0 spiro atoms. The predicted molar refractivity (Wildman–Crippen MR) is 112 cm³/mol. The molecule has 0 aliphatic rings. The number of aromatic nitrogens is 2. The summed E-state index contributed by atoms with van der Waals surface area (Å²) < 4.78 is 32.5. The van der Waals surface area contributed by atoms with Gasteiger partial charge in [-0.15, -0.1) is 11.3 Å². The molecular weight excluding hydrogens is 412 g/mol. The van der Waals surface area contributed by atoms with Gasteiger partial charge in [0.2, 0.25) is 0 Å². The number of nitrogens with one attached hydrogen (secondary N) is 3.